The summed E-state index contributed by atoms with van der Waals surface area (Å²) in [6, 6.07) is 0. The summed E-state index contributed by atoms with van der Waals surface area (Å²) in [6.07, 6.45) is 1.56. The molecule has 6 nitrogen and oxygen atoms in total. The smallest absolute Gasteiger partial charge is 0.279 e. The molecule has 1 N–H and O–H groups in total. The van der Waals surface area contributed by atoms with Gasteiger partial charge in [0.1, 0.15) is 0 Å². The van der Waals surface area contributed by atoms with E-state index in [-0.39, 0.29) is 5.69 Å². The molecule has 1 aliphatic heterocycles. The van der Waals surface area contributed by atoms with Crippen LogP contribution in [0.2, 0.25) is 5.02 Å². The summed E-state index contributed by atoms with van der Waals surface area (Å²) in [6.45, 7) is 2.57. The van der Waals surface area contributed by atoms with Crippen LogP contribution >= 0.6 is 23.8 Å². The van der Waals surface area contributed by atoms with Crippen LogP contribution in [0.25, 0.3) is 0 Å². The number of aromatic nitrogens is 2. The van der Waals surface area contributed by atoms with E-state index in [4.69, 9.17) is 28.6 Å². The highest BCUT2D eigenvalue weighted by Gasteiger charge is 2.19. The highest BCUT2D eigenvalue weighted by Crippen LogP contribution is 2.12. The quantitative estimate of drug-likeness (QED) is 0.759. The zero-order valence-corrected chi connectivity index (χ0v) is 11.4. The predicted octanol–water partition coefficient (Wildman–Crippen LogP) is 0.420. The fourth-order valence-corrected chi connectivity index (χ4v) is 2.16. The maximum atomic E-state index is 11.9. The number of rotatable bonds is 1. The van der Waals surface area contributed by atoms with Gasteiger partial charge in [-0.3, -0.25) is 14.8 Å². The van der Waals surface area contributed by atoms with E-state index >= 15 is 0 Å². The van der Waals surface area contributed by atoms with Crippen LogP contribution in [0.4, 0.5) is 0 Å². The summed E-state index contributed by atoms with van der Waals surface area (Å²) in [5.74, 6) is -0.392. The Bertz CT molecular complexity index is 470. The van der Waals surface area contributed by atoms with Gasteiger partial charge in [0.25, 0.3) is 5.91 Å². The number of aryl methyl sites for hydroxylation is 1. The van der Waals surface area contributed by atoms with Gasteiger partial charge in [-0.25, -0.2) is 0 Å². The lowest BCUT2D eigenvalue weighted by molar-refractivity contribution is 0.0668. The van der Waals surface area contributed by atoms with Crippen molar-refractivity contribution in [2.75, 3.05) is 26.3 Å². The number of halogens is 1. The Kier molecular flexibility index (Phi) is 4.15. The third kappa shape index (κ3) is 2.98. The minimum absolute atomic E-state index is 0.176. The van der Waals surface area contributed by atoms with Crippen molar-refractivity contribution in [1.29, 1.82) is 0 Å². The van der Waals surface area contributed by atoms with Gasteiger partial charge in [0.05, 0.1) is 18.2 Å². The molecule has 0 saturated carbocycles. The highest BCUT2D eigenvalue weighted by atomic mass is 35.5. The van der Waals surface area contributed by atoms with E-state index in [9.17, 15) is 4.79 Å². The van der Waals surface area contributed by atoms with Gasteiger partial charge in [-0.15, -0.1) is 0 Å². The normalized spacial score (nSPS) is 15.6. The van der Waals surface area contributed by atoms with E-state index in [0.717, 1.165) is 0 Å². The first-order valence-corrected chi connectivity index (χ1v) is 6.23. The standard InChI is InChI=1S/C10H13ClN4O2S/c1-14-6-7(11)8(13-14)9(16)12-10(18)15-2-4-17-5-3-15/h6H,2-5H2,1H3,(H,12,16,18). The molecule has 1 amide bonds. The predicted molar refractivity (Wildman–Crippen MR) is 70.7 cm³/mol. The van der Waals surface area contributed by atoms with Crippen LogP contribution < -0.4 is 5.32 Å². The lowest BCUT2D eigenvalue weighted by Gasteiger charge is -2.28. The summed E-state index contributed by atoms with van der Waals surface area (Å²) in [7, 11) is 1.70. The van der Waals surface area contributed by atoms with Gasteiger partial charge in [-0.1, -0.05) is 11.6 Å². The second-order valence-corrected chi connectivity index (χ2v) is 4.65. The van der Waals surface area contributed by atoms with Crippen molar-refractivity contribution in [3.8, 4) is 0 Å². The van der Waals surface area contributed by atoms with Crippen molar-refractivity contribution in [2.24, 2.45) is 7.05 Å². The number of nitrogens with one attached hydrogen (secondary N) is 1. The lowest BCUT2D eigenvalue weighted by Crippen LogP contribution is -2.47. The number of carbonyl (C=O) groups is 1. The molecule has 18 heavy (non-hydrogen) atoms. The molecular weight excluding hydrogens is 276 g/mol. The van der Waals surface area contributed by atoms with Crippen LogP contribution in [0.5, 0.6) is 0 Å². The number of morpholine rings is 1. The summed E-state index contributed by atoms with van der Waals surface area (Å²) in [5.41, 5.74) is 0.176. The largest absolute Gasteiger partial charge is 0.378 e. The molecule has 0 aliphatic carbocycles. The minimum atomic E-state index is -0.392. The molecule has 0 atom stereocenters. The Morgan fingerprint density at radius 3 is 2.78 bits per heavy atom. The first kappa shape index (κ1) is 13.3. The van der Waals surface area contributed by atoms with E-state index in [1.165, 1.54) is 4.68 Å². The molecule has 8 heteroatoms. The second-order valence-electron chi connectivity index (χ2n) is 3.86. The topological polar surface area (TPSA) is 59.4 Å². The molecule has 1 aromatic rings. The van der Waals surface area contributed by atoms with E-state index in [2.05, 4.69) is 10.4 Å². The summed E-state index contributed by atoms with van der Waals surface area (Å²) < 4.78 is 6.69. The molecule has 2 heterocycles. The van der Waals surface area contributed by atoms with Crippen LogP contribution in [0.3, 0.4) is 0 Å². The van der Waals surface area contributed by atoms with Gasteiger partial charge in [-0.05, 0) is 12.2 Å². The molecule has 0 bridgehead atoms. The summed E-state index contributed by atoms with van der Waals surface area (Å²) in [5, 5.41) is 7.29. The van der Waals surface area contributed by atoms with Crippen LogP contribution in [0, 0.1) is 0 Å². The summed E-state index contributed by atoms with van der Waals surface area (Å²) >= 11 is 11.0. The first-order valence-electron chi connectivity index (χ1n) is 5.45. The second kappa shape index (κ2) is 5.64. The van der Waals surface area contributed by atoms with Crippen molar-refractivity contribution in [3.63, 3.8) is 0 Å². The number of hydrogen-bond donors (Lipinski definition) is 1. The molecular formula is C10H13ClN4O2S. The molecule has 0 spiro atoms. The number of carbonyl (C=O) groups excluding carboxylic acids is 1. The Morgan fingerprint density at radius 2 is 2.22 bits per heavy atom. The molecule has 1 aromatic heterocycles. The SMILES string of the molecule is Cn1cc(Cl)c(C(=O)NC(=S)N2CCOCC2)n1. The fourth-order valence-electron chi connectivity index (χ4n) is 1.62. The van der Waals surface area contributed by atoms with Crippen molar-refractivity contribution < 1.29 is 9.53 Å². The van der Waals surface area contributed by atoms with Crippen molar-refractivity contribution in [3.05, 3.63) is 16.9 Å². The molecule has 1 fully saturated rings. The Morgan fingerprint density at radius 1 is 1.56 bits per heavy atom. The monoisotopic (exact) mass is 288 g/mol. The number of thiocarbonyl (C=S) groups is 1. The van der Waals surface area contributed by atoms with Crippen molar-refractivity contribution in [1.82, 2.24) is 20.0 Å². The van der Waals surface area contributed by atoms with Crippen LogP contribution in [0.1, 0.15) is 10.5 Å². The Balaban J connectivity index is 1.98. The highest BCUT2D eigenvalue weighted by molar-refractivity contribution is 7.80. The van der Waals surface area contributed by atoms with Crippen molar-refractivity contribution >= 4 is 34.8 Å². The van der Waals surface area contributed by atoms with E-state index in [0.29, 0.717) is 36.4 Å². The zero-order chi connectivity index (χ0) is 13.1. The molecule has 98 valence electrons. The van der Waals surface area contributed by atoms with Gasteiger partial charge < -0.3 is 9.64 Å². The lowest BCUT2D eigenvalue weighted by atomic mass is 10.4. The third-order valence-corrected chi connectivity index (χ3v) is 3.15. The molecule has 1 saturated heterocycles. The summed E-state index contributed by atoms with van der Waals surface area (Å²) in [4.78, 5) is 13.8. The first-order chi connectivity index (χ1) is 8.58. The van der Waals surface area contributed by atoms with Crippen LogP contribution in [0.15, 0.2) is 6.20 Å². The Hall–Kier alpha value is -1.18. The molecule has 0 aromatic carbocycles. The molecule has 0 unspecified atom stereocenters. The zero-order valence-electron chi connectivity index (χ0n) is 9.85. The number of nitrogens with zero attached hydrogens (tertiary/aromatic N) is 3. The minimum Gasteiger partial charge on any atom is -0.378 e. The number of amides is 1. The maximum Gasteiger partial charge on any atom is 0.279 e. The van der Waals surface area contributed by atoms with E-state index < -0.39 is 5.91 Å². The van der Waals surface area contributed by atoms with Crippen LogP contribution in [-0.4, -0.2) is 52.0 Å². The van der Waals surface area contributed by atoms with E-state index in [1.54, 1.807) is 13.2 Å². The van der Waals surface area contributed by atoms with Gasteiger partial charge in [0, 0.05) is 26.3 Å². The van der Waals surface area contributed by atoms with Gasteiger partial charge in [-0.2, -0.15) is 5.10 Å². The number of ether oxygens (including phenoxy) is 1. The number of hydrogen-bond acceptors (Lipinski definition) is 4. The third-order valence-electron chi connectivity index (χ3n) is 2.52. The van der Waals surface area contributed by atoms with Gasteiger partial charge in [0.15, 0.2) is 10.8 Å². The Labute approximate surface area is 115 Å². The van der Waals surface area contributed by atoms with E-state index in [1.807, 2.05) is 4.90 Å². The molecule has 1 aliphatic rings. The van der Waals surface area contributed by atoms with Gasteiger partial charge >= 0.3 is 0 Å². The fraction of sp³-hybridized carbons (Fsp3) is 0.500. The van der Waals surface area contributed by atoms with Gasteiger partial charge in [0.2, 0.25) is 0 Å². The maximum absolute atomic E-state index is 11.9. The molecule has 2 rings (SSSR count). The molecule has 0 radical (unpaired) electrons. The average molecular weight is 289 g/mol. The van der Waals surface area contributed by atoms with Crippen molar-refractivity contribution in [2.45, 2.75) is 0 Å². The average Bonchev–Trinajstić information content (AvgIpc) is 2.69. The van der Waals surface area contributed by atoms with Crippen LogP contribution in [-0.2, 0) is 11.8 Å².